The van der Waals surface area contributed by atoms with Gasteiger partial charge in [-0.1, -0.05) is 30.3 Å². The molecule has 2 heteroatoms. The van der Waals surface area contributed by atoms with E-state index in [-0.39, 0.29) is 11.3 Å². The van der Waals surface area contributed by atoms with Crippen molar-refractivity contribution in [2.45, 2.75) is 37.5 Å². The maximum Gasteiger partial charge on any atom is 0.136 e. The van der Waals surface area contributed by atoms with Crippen LogP contribution >= 0.6 is 0 Å². The molecule has 2 nitrogen and oxygen atoms in total. The van der Waals surface area contributed by atoms with Crippen LogP contribution in [0.15, 0.2) is 30.3 Å². The number of fused-ring (bicyclic) bond motifs is 1. The Hall–Kier alpha value is -1.62. The van der Waals surface area contributed by atoms with Crippen LogP contribution in [0.1, 0.15) is 37.7 Å². The number of hydrogen-bond acceptors (Lipinski definition) is 2. The molecule has 0 spiro atoms. The van der Waals surface area contributed by atoms with E-state index in [4.69, 9.17) is 0 Å². The Morgan fingerprint density at radius 1 is 1.17 bits per heavy atom. The van der Waals surface area contributed by atoms with E-state index in [1.165, 1.54) is 0 Å². The van der Waals surface area contributed by atoms with Crippen LogP contribution in [0.5, 0.6) is 0 Å². The van der Waals surface area contributed by atoms with Gasteiger partial charge in [-0.15, -0.1) is 0 Å². The number of benzene rings is 1. The Kier molecular flexibility index (Phi) is 2.70. The molecule has 3 rings (SSSR count). The van der Waals surface area contributed by atoms with E-state index in [9.17, 15) is 10.1 Å². The molecule has 2 fully saturated rings. The summed E-state index contributed by atoms with van der Waals surface area (Å²) in [5.74, 6) is 1.22. The zero-order valence-corrected chi connectivity index (χ0v) is 10.4. The summed E-state index contributed by atoms with van der Waals surface area (Å²) in [6.45, 7) is 0. The van der Waals surface area contributed by atoms with E-state index in [2.05, 4.69) is 18.2 Å². The molecule has 0 aliphatic heterocycles. The van der Waals surface area contributed by atoms with Crippen LogP contribution < -0.4 is 0 Å². The van der Waals surface area contributed by atoms with Crippen molar-refractivity contribution in [1.82, 2.24) is 0 Å². The van der Waals surface area contributed by atoms with Gasteiger partial charge in [0.15, 0.2) is 0 Å². The van der Waals surface area contributed by atoms with Crippen molar-refractivity contribution < 1.29 is 4.79 Å². The summed E-state index contributed by atoms with van der Waals surface area (Å²) in [6.07, 6.45) is 4.41. The highest BCUT2D eigenvalue weighted by molar-refractivity contribution is 5.87. The van der Waals surface area contributed by atoms with E-state index in [0.717, 1.165) is 37.7 Å². The average Bonchev–Trinajstić information content (AvgIpc) is 2.56. The second-order valence-corrected chi connectivity index (χ2v) is 5.67. The van der Waals surface area contributed by atoms with Crippen LogP contribution in [0.4, 0.5) is 0 Å². The number of hydrogen-bond donors (Lipinski definition) is 0. The van der Waals surface area contributed by atoms with Gasteiger partial charge >= 0.3 is 0 Å². The highest BCUT2D eigenvalue weighted by Crippen LogP contribution is 2.47. The molecule has 1 aromatic rings. The van der Waals surface area contributed by atoms with Gasteiger partial charge in [-0.05, 0) is 37.2 Å². The third-order valence-electron chi connectivity index (χ3n) is 4.81. The summed E-state index contributed by atoms with van der Waals surface area (Å²) >= 11 is 0. The summed E-state index contributed by atoms with van der Waals surface area (Å²) in [5.41, 5.74) is 0.764. The number of Topliss-reactive ketones (excluding diaryl/α,β-unsaturated/α-hetero) is 1. The van der Waals surface area contributed by atoms with Gasteiger partial charge in [-0.2, -0.15) is 5.26 Å². The van der Waals surface area contributed by atoms with Crippen molar-refractivity contribution in [2.24, 2.45) is 11.8 Å². The van der Waals surface area contributed by atoms with Gasteiger partial charge in [0, 0.05) is 12.3 Å². The molecule has 3 unspecified atom stereocenters. The summed E-state index contributed by atoms with van der Waals surface area (Å²) in [6, 6.07) is 12.6. The third-order valence-corrected chi connectivity index (χ3v) is 4.81. The first-order valence-electron chi connectivity index (χ1n) is 6.75. The Morgan fingerprint density at radius 2 is 1.89 bits per heavy atom. The lowest BCUT2D eigenvalue weighted by Gasteiger charge is -2.33. The van der Waals surface area contributed by atoms with Crippen LogP contribution in [0.3, 0.4) is 0 Å². The minimum atomic E-state index is -0.362. The van der Waals surface area contributed by atoms with Gasteiger partial charge in [0.1, 0.15) is 5.78 Å². The monoisotopic (exact) mass is 239 g/mol. The minimum absolute atomic E-state index is 0.254. The van der Waals surface area contributed by atoms with E-state index in [1.54, 1.807) is 0 Å². The lowest BCUT2D eigenvalue weighted by atomic mass is 9.70. The summed E-state index contributed by atoms with van der Waals surface area (Å²) in [7, 11) is 0. The molecule has 0 radical (unpaired) electrons. The van der Waals surface area contributed by atoms with Gasteiger partial charge in [-0.3, -0.25) is 4.79 Å². The molecule has 0 saturated heterocycles. The molecule has 0 aromatic heterocycles. The first-order valence-corrected chi connectivity index (χ1v) is 6.75. The summed E-state index contributed by atoms with van der Waals surface area (Å²) in [5, 5.41) is 9.64. The fourth-order valence-electron chi connectivity index (χ4n) is 3.54. The van der Waals surface area contributed by atoms with Gasteiger partial charge in [0.25, 0.3) is 0 Å². The predicted molar refractivity (Wildman–Crippen MR) is 68.8 cm³/mol. The summed E-state index contributed by atoms with van der Waals surface area (Å²) in [4.78, 5) is 11.6. The molecule has 0 amide bonds. The lowest BCUT2D eigenvalue weighted by Crippen LogP contribution is -2.35. The van der Waals surface area contributed by atoms with Gasteiger partial charge in [0.05, 0.1) is 11.5 Å². The van der Waals surface area contributed by atoms with Crippen molar-refractivity contribution >= 4 is 5.78 Å². The third kappa shape index (κ3) is 1.66. The second-order valence-electron chi connectivity index (χ2n) is 5.67. The maximum atomic E-state index is 11.6. The molecule has 92 valence electrons. The number of carbonyl (C=O) groups excluding carboxylic acids is 1. The quantitative estimate of drug-likeness (QED) is 0.755. The fourth-order valence-corrected chi connectivity index (χ4v) is 3.54. The van der Waals surface area contributed by atoms with Crippen LogP contribution in [-0.2, 0) is 10.2 Å². The predicted octanol–water partition coefficient (Wildman–Crippen LogP) is 3.23. The molecule has 1 aromatic carbocycles. The zero-order chi connectivity index (χ0) is 12.6. The first-order chi connectivity index (χ1) is 8.75. The molecule has 2 saturated carbocycles. The highest BCUT2D eigenvalue weighted by atomic mass is 16.1. The number of carbonyl (C=O) groups is 1. The normalized spacial score (nSPS) is 34.9. The molecule has 0 N–H and O–H groups in total. The van der Waals surface area contributed by atoms with Gasteiger partial charge in [0.2, 0.25) is 0 Å². The van der Waals surface area contributed by atoms with E-state index in [0.29, 0.717) is 11.7 Å². The molecule has 3 atom stereocenters. The van der Waals surface area contributed by atoms with Crippen molar-refractivity contribution in [3.05, 3.63) is 35.9 Å². The number of nitrogens with zero attached hydrogens (tertiary/aromatic N) is 1. The maximum absolute atomic E-state index is 11.6. The second kappa shape index (κ2) is 4.24. The van der Waals surface area contributed by atoms with Crippen molar-refractivity contribution in [3.63, 3.8) is 0 Å². The van der Waals surface area contributed by atoms with E-state index >= 15 is 0 Å². The average molecular weight is 239 g/mol. The molecule has 2 aliphatic rings. The summed E-state index contributed by atoms with van der Waals surface area (Å²) < 4.78 is 0. The minimum Gasteiger partial charge on any atom is -0.299 e. The van der Waals surface area contributed by atoms with Crippen molar-refractivity contribution in [2.75, 3.05) is 0 Å². The lowest BCUT2D eigenvalue weighted by molar-refractivity contribution is -0.134. The molecule has 2 aliphatic carbocycles. The molecule has 0 heterocycles. The van der Waals surface area contributed by atoms with Crippen molar-refractivity contribution in [3.8, 4) is 6.07 Å². The highest BCUT2D eigenvalue weighted by Gasteiger charge is 2.45. The standard InChI is InChI=1S/C16H17NO/c17-11-16(13-4-2-1-3-5-13)8-6-12-10-15(18)14(12)7-9-16/h1-5,12,14H,6-10H2. The smallest absolute Gasteiger partial charge is 0.136 e. The molecular formula is C16H17NO. The van der Waals surface area contributed by atoms with Gasteiger partial charge in [-0.25, -0.2) is 0 Å². The number of ketones is 1. The largest absolute Gasteiger partial charge is 0.299 e. The Morgan fingerprint density at radius 3 is 2.56 bits per heavy atom. The van der Waals surface area contributed by atoms with E-state index in [1.807, 2.05) is 18.2 Å². The molecule has 0 bridgehead atoms. The number of rotatable bonds is 1. The topological polar surface area (TPSA) is 40.9 Å². The fraction of sp³-hybridized carbons (Fsp3) is 0.500. The Labute approximate surface area is 108 Å². The molecule has 18 heavy (non-hydrogen) atoms. The van der Waals surface area contributed by atoms with E-state index < -0.39 is 0 Å². The Bertz CT molecular complexity index is 502. The van der Waals surface area contributed by atoms with Gasteiger partial charge < -0.3 is 0 Å². The number of nitriles is 1. The van der Waals surface area contributed by atoms with Crippen LogP contribution in [0, 0.1) is 23.2 Å². The SMILES string of the molecule is N#CC1(c2ccccc2)CCC2CC(=O)C2CC1. The van der Waals surface area contributed by atoms with Crippen LogP contribution in [0.25, 0.3) is 0 Å². The van der Waals surface area contributed by atoms with Crippen LogP contribution in [-0.4, -0.2) is 5.78 Å². The zero-order valence-electron chi connectivity index (χ0n) is 10.4. The first kappa shape index (κ1) is 11.5. The van der Waals surface area contributed by atoms with Crippen LogP contribution in [0.2, 0.25) is 0 Å². The van der Waals surface area contributed by atoms with Crippen molar-refractivity contribution in [1.29, 1.82) is 5.26 Å². The molecular weight excluding hydrogens is 222 g/mol. The Balaban J connectivity index is 1.89.